The predicted octanol–water partition coefficient (Wildman–Crippen LogP) is 4.25. The van der Waals surface area contributed by atoms with E-state index in [2.05, 4.69) is 10.1 Å². The lowest BCUT2D eigenvalue weighted by Gasteiger charge is -2.30. The highest BCUT2D eigenvalue weighted by atomic mass is 35.5. The Morgan fingerprint density at radius 1 is 1.33 bits per heavy atom. The van der Waals surface area contributed by atoms with Crippen molar-refractivity contribution < 1.29 is 9.32 Å². The summed E-state index contributed by atoms with van der Waals surface area (Å²) in [4.78, 5) is 19.8. The van der Waals surface area contributed by atoms with Gasteiger partial charge in [-0.05, 0) is 49.4 Å². The van der Waals surface area contributed by atoms with Crippen molar-refractivity contribution in [1.82, 2.24) is 10.1 Å². The number of carbonyl (C=O) groups excluding carboxylic acids is 1. The van der Waals surface area contributed by atoms with E-state index in [1.807, 2.05) is 49.9 Å². The number of nitrogens with two attached hydrogens (primary N) is 1. The highest BCUT2D eigenvalue weighted by molar-refractivity contribution is 6.14. The molecule has 2 aromatic heterocycles. The van der Waals surface area contributed by atoms with Crippen molar-refractivity contribution in [3.8, 4) is 0 Å². The molecule has 3 aromatic rings. The molecule has 0 saturated heterocycles. The molecule has 1 amide bonds. The molecule has 7 heteroatoms. The Balaban J connectivity index is 0.00000210. The Kier molecular flexibility index (Phi) is 5.11. The van der Waals surface area contributed by atoms with Crippen molar-refractivity contribution in [1.29, 1.82) is 0 Å². The summed E-state index contributed by atoms with van der Waals surface area (Å²) in [6.45, 7) is 6.59. The number of halogens is 1. The van der Waals surface area contributed by atoms with Crippen LogP contribution in [0.3, 0.4) is 0 Å². The summed E-state index contributed by atoms with van der Waals surface area (Å²) in [5.41, 5.74) is 11.3. The molecular formula is C20H23ClN4O2. The van der Waals surface area contributed by atoms with E-state index in [-0.39, 0.29) is 24.2 Å². The van der Waals surface area contributed by atoms with Gasteiger partial charge in [-0.3, -0.25) is 4.79 Å². The summed E-state index contributed by atoms with van der Waals surface area (Å²) in [7, 11) is 0. The first-order valence-corrected chi connectivity index (χ1v) is 8.93. The number of carbonyl (C=O) groups is 1. The minimum absolute atomic E-state index is 0. The van der Waals surface area contributed by atoms with Gasteiger partial charge in [-0.25, -0.2) is 4.98 Å². The van der Waals surface area contributed by atoms with E-state index in [1.165, 1.54) is 0 Å². The molecular weight excluding hydrogens is 364 g/mol. The van der Waals surface area contributed by atoms with Gasteiger partial charge in [0.2, 0.25) is 0 Å². The first-order valence-electron chi connectivity index (χ1n) is 8.93. The predicted molar refractivity (Wildman–Crippen MR) is 109 cm³/mol. The number of hydrogen-bond donors (Lipinski definition) is 1. The SMILES string of the molecule is Cc1noc2nc(C(C)C)cc(C(=O)N3CCCc4c(N)cccc43)c12.Cl. The van der Waals surface area contributed by atoms with Crippen LogP contribution in [0.15, 0.2) is 28.8 Å². The quantitative estimate of drug-likeness (QED) is 0.665. The van der Waals surface area contributed by atoms with E-state index in [4.69, 9.17) is 10.3 Å². The Morgan fingerprint density at radius 3 is 2.85 bits per heavy atom. The van der Waals surface area contributed by atoms with Crippen molar-refractivity contribution in [2.75, 3.05) is 17.2 Å². The number of nitrogens with zero attached hydrogens (tertiary/aromatic N) is 3. The normalized spacial score (nSPS) is 13.6. The van der Waals surface area contributed by atoms with Gasteiger partial charge in [0.15, 0.2) is 0 Å². The third-order valence-electron chi connectivity index (χ3n) is 4.99. The fraction of sp³-hybridized carbons (Fsp3) is 0.350. The Labute approximate surface area is 164 Å². The summed E-state index contributed by atoms with van der Waals surface area (Å²) in [6.07, 6.45) is 1.78. The first kappa shape index (κ1) is 19.2. The number of benzene rings is 1. The highest BCUT2D eigenvalue weighted by Gasteiger charge is 2.28. The van der Waals surface area contributed by atoms with Crippen LogP contribution in [0.2, 0.25) is 0 Å². The van der Waals surface area contributed by atoms with E-state index in [0.717, 1.165) is 35.5 Å². The number of nitrogen functional groups attached to an aromatic ring is 1. The number of hydrogen-bond acceptors (Lipinski definition) is 5. The summed E-state index contributed by atoms with van der Waals surface area (Å²) >= 11 is 0. The molecule has 0 saturated carbocycles. The minimum atomic E-state index is -0.0582. The first-order chi connectivity index (χ1) is 12.5. The second-order valence-corrected chi connectivity index (χ2v) is 7.10. The van der Waals surface area contributed by atoms with Crippen LogP contribution >= 0.6 is 12.4 Å². The molecule has 1 aromatic carbocycles. The largest absolute Gasteiger partial charge is 0.398 e. The molecule has 0 bridgehead atoms. The zero-order chi connectivity index (χ0) is 18.4. The molecule has 3 heterocycles. The molecule has 0 radical (unpaired) electrons. The number of pyridine rings is 1. The van der Waals surface area contributed by atoms with Crippen LogP contribution in [0.25, 0.3) is 11.1 Å². The van der Waals surface area contributed by atoms with Gasteiger partial charge in [-0.2, -0.15) is 0 Å². The number of fused-ring (bicyclic) bond motifs is 2. The molecule has 27 heavy (non-hydrogen) atoms. The highest BCUT2D eigenvalue weighted by Crippen LogP contribution is 2.34. The summed E-state index contributed by atoms with van der Waals surface area (Å²) in [5.74, 6) is 0.123. The lowest BCUT2D eigenvalue weighted by molar-refractivity contribution is 0.0986. The number of aromatic nitrogens is 2. The van der Waals surface area contributed by atoms with E-state index >= 15 is 0 Å². The molecule has 1 aliphatic rings. The van der Waals surface area contributed by atoms with Gasteiger partial charge >= 0.3 is 0 Å². The lowest BCUT2D eigenvalue weighted by Crippen LogP contribution is -2.36. The van der Waals surface area contributed by atoms with Crippen LogP contribution in [0.5, 0.6) is 0 Å². The number of anilines is 2. The second kappa shape index (κ2) is 7.19. The average molecular weight is 387 g/mol. The van der Waals surface area contributed by atoms with Gasteiger partial charge in [0, 0.05) is 23.6 Å². The number of aryl methyl sites for hydroxylation is 1. The second-order valence-electron chi connectivity index (χ2n) is 7.10. The van der Waals surface area contributed by atoms with E-state index in [9.17, 15) is 4.79 Å². The standard InChI is InChI=1S/C20H22N4O2.ClH/c1-11(2)16-10-14(18-12(3)23-26-19(18)22-16)20(25)24-9-5-6-13-15(21)7-4-8-17(13)24;/h4,7-8,10-11H,5-6,9,21H2,1-3H3;1H. The van der Waals surface area contributed by atoms with Crippen LogP contribution in [-0.2, 0) is 6.42 Å². The maximum atomic E-state index is 13.5. The van der Waals surface area contributed by atoms with Gasteiger partial charge in [-0.1, -0.05) is 25.1 Å². The van der Waals surface area contributed by atoms with Crippen molar-refractivity contribution >= 4 is 40.8 Å². The number of rotatable bonds is 2. The molecule has 2 N–H and O–H groups in total. The molecule has 6 nitrogen and oxygen atoms in total. The van der Waals surface area contributed by atoms with Crippen molar-refractivity contribution in [3.63, 3.8) is 0 Å². The molecule has 1 aliphatic heterocycles. The summed E-state index contributed by atoms with van der Waals surface area (Å²) in [6, 6.07) is 7.62. The number of amides is 1. The van der Waals surface area contributed by atoms with Gasteiger partial charge in [0.05, 0.1) is 16.6 Å². The molecule has 4 rings (SSSR count). The Bertz CT molecular complexity index is 1010. The Morgan fingerprint density at radius 2 is 2.11 bits per heavy atom. The third kappa shape index (κ3) is 3.14. The minimum Gasteiger partial charge on any atom is -0.398 e. The fourth-order valence-electron chi connectivity index (χ4n) is 3.59. The van der Waals surface area contributed by atoms with Crippen LogP contribution in [0.1, 0.15) is 53.5 Å². The van der Waals surface area contributed by atoms with E-state index in [1.54, 1.807) is 0 Å². The van der Waals surface area contributed by atoms with Gasteiger partial charge < -0.3 is 15.2 Å². The van der Waals surface area contributed by atoms with Gasteiger partial charge in [0.25, 0.3) is 11.6 Å². The third-order valence-corrected chi connectivity index (χ3v) is 4.99. The smallest absolute Gasteiger partial charge is 0.259 e. The molecule has 0 fully saturated rings. The topological polar surface area (TPSA) is 85.2 Å². The fourth-order valence-corrected chi connectivity index (χ4v) is 3.59. The molecule has 142 valence electrons. The summed E-state index contributed by atoms with van der Waals surface area (Å²) < 4.78 is 5.35. The van der Waals surface area contributed by atoms with Crippen LogP contribution in [0.4, 0.5) is 11.4 Å². The van der Waals surface area contributed by atoms with Gasteiger partial charge in [0.1, 0.15) is 0 Å². The molecule has 0 unspecified atom stereocenters. The lowest BCUT2D eigenvalue weighted by atomic mass is 9.98. The molecule has 0 atom stereocenters. The van der Waals surface area contributed by atoms with E-state index < -0.39 is 0 Å². The maximum absolute atomic E-state index is 13.5. The zero-order valence-electron chi connectivity index (χ0n) is 15.7. The Hall–Kier alpha value is -2.60. The van der Waals surface area contributed by atoms with Crippen LogP contribution < -0.4 is 10.6 Å². The van der Waals surface area contributed by atoms with E-state index in [0.29, 0.717) is 28.9 Å². The van der Waals surface area contributed by atoms with Crippen LogP contribution in [0, 0.1) is 6.92 Å². The molecule has 0 aliphatic carbocycles. The van der Waals surface area contributed by atoms with Crippen molar-refractivity contribution in [2.45, 2.75) is 39.5 Å². The van der Waals surface area contributed by atoms with Crippen molar-refractivity contribution in [3.05, 3.63) is 46.8 Å². The molecule has 0 spiro atoms. The van der Waals surface area contributed by atoms with Crippen molar-refractivity contribution in [2.24, 2.45) is 0 Å². The van der Waals surface area contributed by atoms with Gasteiger partial charge in [-0.15, -0.1) is 12.4 Å². The monoisotopic (exact) mass is 386 g/mol. The maximum Gasteiger partial charge on any atom is 0.259 e. The summed E-state index contributed by atoms with van der Waals surface area (Å²) in [5, 5.41) is 4.70. The average Bonchev–Trinajstić information content (AvgIpc) is 3.01. The van der Waals surface area contributed by atoms with Crippen LogP contribution in [-0.4, -0.2) is 22.6 Å². The zero-order valence-corrected chi connectivity index (χ0v) is 16.5.